The van der Waals surface area contributed by atoms with Crippen LogP contribution in [0.25, 0.3) is 22.8 Å². The Hall–Kier alpha value is -4.73. The summed E-state index contributed by atoms with van der Waals surface area (Å²) in [7, 11) is 0. The van der Waals surface area contributed by atoms with Gasteiger partial charge in [0.1, 0.15) is 23.1 Å². The van der Waals surface area contributed by atoms with E-state index in [9.17, 15) is 0 Å². The molecule has 3 heterocycles. The highest BCUT2D eigenvalue weighted by molar-refractivity contribution is 5.65. The van der Waals surface area contributed by atoms with Crippen molar-refractivity contribution in [2.24, 2.45) is 0 Å². The van der Waals surface area contributed by atoms with Crippen molar-refractivity contribution in [3.63, 3.8) is 0 Å². The van der Waals surface area contributed by atoms with Crippen LogP contribution in [0.1, 0.15) is 13.3 Å². The first kappa shape index (κ1) is 28.4. The Morgan fingerprint density at radius 2 is 1.60 bits per heavy atom. The minimum absolute atomic E-state index is 0.496. The Bertz CT molecular complexity index is 1600. The lowest BCUT2D eigenvalue weighted by Crippen LogP contribution is -2.46. The lowest BCUT2D eigenvalue weighted by molar-refractivity contribution is 0.130. The molecule has 0 amide bonds. The molecule has 9 heteroatoms. The Morgan fingerprint density at radius 1 is 0.814 bits per heavy atom. The number of benzene rings is 3. The second kappa shape index (κ2) is 14.0. The number of aromatic amines is 1. The maximum Gasteiger partial charge on any atom is 0.227 e. The number of hydrogen-bond acceptors (Lipinski definition) is 8. The summed E-state index contributed by atoms with van der Waals surface area (Å²) in [5.74, 6) is 3.58. The van der Waals surface area contributed by atoms with Crippen molar-refractivity contribution < 1.29 is 9.47 Å². The molecule has 1 aliphatic heterocycles. The van der Waals surface area contributed by atoms with Gasteiger partial charge in [-0.25, -0.2) is 15.0 Å². The molecule has 0 aliphatic carbocycles. The van der Waals surface area contributed by atoms with E-state index in [0.29, 0.717) is 12.6 Å². The van der Waals surface area contributed by atoms with Gasteiger partial charge in [-0.2, -0.15) is 0 Å². The molecule has 1 saturated heterocycles. The Balaban J connectivity index is 1.05. The summed E-state index contributed by atoms with van der Waals surface area (Å²) in [5, 5.41) is 3.31. The fourth-order valence-electron chi connectivity index (χ4n) is 5.10. The number of nitrogens with one attached hydrogen (secondary N) is 2. The highest BCUT2D eigenvalue weighted by atomic mass is 16.5. The number of hydrogen-bond donors (Lipinski definition) is 2. The Morgan fingerprint density at radius 3 is 2.47 bits per heavy atom. The van der Waals surface area contributed by atoms with Gasteiger partial charge in [-0.05, 0) is 55.4 Å². The summed E-state index contributed by atoms with van der Waals surface area (Å²) >= 11 is 0. The van der Waals surface area contributed by atoms with Crippen LogP contribution < -0.4 is 14.8 Å². The van der Waals surface area contributed by atoms with E-state index < -0.39 is 0 Å². The van der Waals surface area contributed by atoms with Crippen LogP contribution in [-0.2, 0) is 0 Å². The first-order valence-corrected chi connectivity index (χ1v) is 14.9. The quantitative estimate of drug-likeness (QED) is 0.164. The Labute approximate surface area is 252 Å². The summed E-state index contributed by atoms with van der Waals surface area (Å²) in [4.78, 5) is 22.1. The molecule has 3 aromatic carbocycles. The third-order valence-electron chi connectivity index (χ3n) is 7.48. The maximum atomic E-state index is 6.06. The van der Waals surface area contributed by atoms with Crippen LogP contribution in [0.5, 0.6) is 17.2 Å². The van der Waals surface area contributed by atoms with Crippen molar-refractivity contribution in [1.82, 2.24) is 29.7 Å². The summed E-state index contributed by atoms with van der Waals surface area (Å²) in [6, 6.07) is 27.3. The van der Waals surface area contributed by atoms with Gasteiger partial charge in [-0.3, -0.25) is 0 Å². The standard InChI is InChI=1S/C34H37N7O2/c1-2-40-18-20-41(21-19-40)17-8-22-42-29-13-7-10-27(24-29)37-34-35-16-15-31(39-34)32-25-36-33(38-32)26-9-6-14-30(23-26)43-28-11-4-3-5-12-28/h3-7,9-16,23-25H,2,8,17-22H2,1H3,(H,36,38)(H,35,37,39). The average Bonchev–Trinajstić information content (AvgIpc) is 3.55. The number of rotatable bonds is 12. The summed E-state index contributed by atoms with van der Waals surface area (Å²) in [5.41, 5.74) is 3.32. The van der Waals surface area contributed by atoms with Crippen molar-refractivity contribution in [1.29, 1.82) is 0 Å². The number of nitrogens with zero attached hydrogens (tertiary/aromatic N) is 5. The van der Waals surface area contributed by atoms with Gasteiger partial charge < -0.3 is 29.6 Å². The minimum Gasteiger partial charge on any atom is -0.493 e. The van der Waals surface area contributed by atoms with Gasteiger partial charge in [0.05, 0.1) is 24.2 Å². The monoisotopic (exact) mass is 575 g/mol. The van der Waals surface area contributed by atoms with Crippen molar-refractivity contribution >= 4 is 11.6 Å². The van der Waals surface area contributed by atoms with Crippen LogP contribution in [0.3, 0.4) is 0 Å². The molecule has 0 unspecified atom stereocenters. The predicted octanol–water partition coefficient (Wildman–Crippen LogP) is 6.48. The number of imidazole rings is 1. The second-order valence-electron chi connectivity index (χ2n) is 10.5. The lowest BCUT2D eigenvalue weighted by atomic mass is 10.2. The SMILES string of the molecule is CCN1CCN(CCCOc2cccc(Nc3nccc(-c4cnc(-c5cccc(Oc6ccccc6)c5)[nH]4)n3)c2)CC1. The molecular formula is C34H37N7O2. The summed E-state index contributed by atoms with van der Waals surface area (Å²) < 4.78 is 12.0. The molecule has 9 nitrogen and oxygen atoms in total. The van der Waals surface area contributed by atoms with Crippen LogP contribution in [0.15, 0.2) is 97.3 Å². The summed E-state index contributed by atoms with van der Waals surface area (Å²) in [6.07, 6.45) is 4.52. The second-order valence-corrected chi connectivity index (χ2v) is 10.5. The molecule has 5 aromatic rings. The van der Waals surface area contributed by atoms with E-state index in [1.807, 2.05) is 84.9 Å². The van der Waals surface area contributed by atoms with Crippen LogP contribution in [0, 0.1) is 0 Å². The number of ether oxygens (including phenoxy) is 2. The molecule has 220 valence electrons. The molecule has 6 rings (SSSR count). The third kappa shape index (κ3) is 7.77. The third-order valence-corrected chi connectivity index (χ3v) is 7.48. The van der Waals surface area contributed by atoms with Crippen molar-refractivity contribution in [3.8, 4) is 40.0 Å². The van der Waals surface area contributed by atoms with Gasteiger partial charge in [0, 0.05) is 56.2 Å². The van der Waals surface area contributed by atoms with Crippen LogP contribution >= 0.6 is 0 Å². The molecule has 43 heavy (non-hydrogen) atoms. The molecule has 0 spiro atoms. The van der Waals surface area contributed by atoms with Gasteiger partial charge in [0.25, 0.3) is 0 Å². The van der Waals surface area contributed by atoms with Crippen molar-refractivity contribution in [2.45, 2.75) is 13.3 Å². The molecule has 0 atom stereocenters. The van der Waals surface area contributed by atoms with E-state index in [1.54, 1.807) is 12.4 Å². The first-order chi connectivity index (χ1) is 21.2. The highest BCUT2D eigenvalue weighted by Crippen LogP contribution is 2.28. The van der Waals surface area contributed by atoms with E-state index in [1.165, 1.54) is 0 Å². The van der Waals surface area contributed by atoms with Gasteiger partial charge in [0.15, 0.2) is 0 Å². The summed E-state index contributed by atoms with van der Waals surface area (Å²) in [6.45, 7) is 9.73. The molecule has 1 fully saturated rings. The number of likely N-dealkylation sites (N-methyl/N-ethyl adjacent to an activating group) is 1. The van der Waals surface area contributed by atoms with Gasteiger partial charge in [-0.15, -0.1) is 0 Å². The number of H-pyrrole nitrogens is 1. The highest BCUT2D eigenvalue weighted by Gasteiger charge is 2.15. The zero-order valence-electron chi connectivity index (χ0n) is 24.4. The average molecular weight is 576 g/mol. The molecule has 2 N–H and O–H groups in total. The minimum atomic E-state index is 0.496. The molecule has 1 aliphatic rings. The predicted molar refractivity (Wildman–Crippen MR) is 170 cm³/mol. The lowest BCUT2D eigenvalue weighted by Gasteiger charge is -2.33. The molecule has 0 bridgehead atoms. The molecule has 0 saturated carbocycles. The van der Waals surface area contributed by atoms with Gasteiger partial charge in [0.2, 0.25) is 5.95 Å². The van der Waals surface area contributed by atoms with E-state index >= 15 is 0 Å². The molecule has 2 aromatic heterocycles. The van der Waals surface area contributed by atoms with Crippen LogP contribution in [0.2, 0.25) is 0 Å². The first-order valence-electron chi connectivity index (χ1n) is 14.9. The van der Waals surface area contributed by atoms with E-state index in [4.69, 9.17) is 14.5 Å². The van der Waals surface area contributed by atoms with Crippen molar-refractivity contribution in [3.05, 3.63) is 97.3 Å². The molecule has 0 radical (unpaired) electrons. The van der Waals surface area contributed by atoms with E-state index in [0.717, 1.165) is 91.4 Å². The number of piperazine rings is 1. The smallest absolute Gasteiger partial charge is 0.227 e. The Kier molecular flexibility index (Phi) is 9.22. The van der Waals surface area contributed by atoms with Crippen LogP contribution in [-0.4, -0.2) is 75.6 Å². The fraction of sp³-hybridized carbons (Fsp3) is 0.265. The van der Waals surface area contributed by atoms with E-state index in [-0.39, 0.29) is 0 Å². The largest absolute Gasteiger partial charge is 0.493 e. The zero-order valence-corrected chi connectivity index (χ0v) is 24.4. The van der Waals surface area contributed by atoms with Crippen molar-refractivity contribution in [2.75, 3.05) is 51.2 Å². The topological polar surface area (TPSA) is 91.4 Å². The van der Waals surface area contributed by atoms with E-state index in [2.05, 4.69) is 37.0 Å². The molecular weight excluding hydrogens is 538 g/mol. The van der Waals surface area contributed by atoms with Gasteiger partial charge in [-0.1, -0.05) is 43.3 Å². The van der Waals surface area contributed by atoms with Gasteiger partial charge >= 0.3 is 0 Å². The van der Waals surface area contributed by atoms with Crippen LogP contribution in [0.4, 0.5) is 11.6 Å². The maximum absolute atomic E-state index is 6.06. The number of aromatic nitrogens is 4. The number of anilines is 2. The fourth-order valence-corrected chi connectivity index (χ4v) is 5.10. The zero-order chi connectivity index (χ0) is 29.3. The normalized spacial score (nSPS) is 14.0. The number of para-hydroxylation sites is 1.